The molecule has 0 aliphatic heterocycles. The Morgan fingerprint density at radius 1 is 1.20 bits per heavy atom. The summed E-state index contributed by atoms with van der Waals surface area (Å²) in [6.45, 7) is 5.55. The number of benzene rings is 1. The average molecular weight is 424 g/mol. The van der Waals surface area contributed by atoms with Crippen LogP contribution in [0.25, 0.3) is 10.7 Å². The van der Waals surface area contributed by atoms with Crippen molar-refractivity contribution in [3.05, 3.63) is 53.7 Å². The highest BCUT2D eigenvalue weighted by molar-refractivity contribution is 7.18. The van der Waals surface area contributed by atoms with Crippen LogP contribution in [-0.2, 0) is 11.2 Å². The number of carbonyl (C=O) groups is 1. The van der Waals surface area contributed by atoms with Gasteiger partial charge < -0.3 is 10.1 Å². The monoisotopic (exact) mass is 423 g/mol. The fourth-order valence-electron chi connectivity index (χ4n) is 3.49. The molecule has 8 heteroatoms. The lowest BCUT2D eigenvalue weighted by Crippen LogP contribution is -2.27. The lowest BCUT2D eigenvalue weighted by molar-refractivity contribution is 0.0636. The molecule has 1 amide bonds. The van der Waals surface area contributed by atoms with Crippen molar-refractivity contribution in [2.75, 3.05) is 10.6 Å². The zero-order valence-electron chi connectivity index (χ0n) is 17.3. The van der Waals surface area contributed by atoms with Crippen LogP contribution in [0.5, 0.6) is 0 Å². The molecule has 1 unspecified atom stereocenters. The van der Waals surface area contributed by atoms with Crippen LogP contribution in [0.15, 0.2) is 42.6 Å². The van der Waals surface area contributed by atoms with Gasteiger partial charge in [0.1, 0.15) is 11.3 Å². The zero-order valence-corrected chi connectivity index (χ0v) is 18.1. The molecule has 1 aliphatic rings. The summed E-state index contributed by atoms with van der Waals surface area (Å²) in [6, 6.07) is 11.9. The van der Waals surface area contributed by atoms with Crippen molar-refractivity contribution < 1.29 is 9.53 Å². The van der Waals surface area contributed by atoms with Crippen molar-refractivity contribution in [1.82, 2.24) is 15.2 Å². The molecule has 0 spiro atoms. The van der Waals surface area contributed by atoms with Gasteiger partial charge >= 0.3 is 6.09 Å². The summed E-state index contributed by atoms with van der Waals surface area (Å²) in [5.41, 5.74) is 3.50. The van der Waals surface area contributed by atoms with Crippen molar-refractivity contribution in [2.45, 2.75) is 51.7 Å². The number of fused-ring (bicyclic) bond motifs is 1. The molecule has 3 aromatic rings. The Hall–Kier alpha value is -3.00. The summed E-state index contributed by atoms with van der Waals surface area (Å²) >= 11 is 1.50. The molecule has 1 aliphatic carbocycles. The SMILES string of the molecule is CC(C)(C)OC(=O)Nc1ccc2c(c1)CCCC2Nc1nnc(-c2ccccn2)s1. The van der Waals surface area contributed by atoms with E-state index >= 15 is 0 Å². The van der Waals surface area contributed by atoms with Crippen LogP contribution in [0, 0.1) is 0 Å². The minimum atomic E-state index is -0.525. The number of ether oxygens (including phenoxy) is 1. The van der Waals surface area contributed by atoms with Crippen LogP contribution in [0.4, 0.5) is 15.6 Å². The number of hydrogen-bond donors (Lipinski definition) is 2. The van der Waals surface area contributed by atoms with E-state index in [1.807, 2.05) is 51.1 Å². The lowest BCUT2D eigenvalue weighted by atomic mass is 9.87. The third-order valence-electron chi connectivity index (χ3n) is 4.71. The Balaban J connectivity index is 1.47. The Kier molecular flexibility index (Phi) is 5.67. The van der Waals surface area contributed by atoms with Gasteiger partial charge in [0.05, 0.1) is 6.04 Å². The number of pyridine rings is 1. The second-order valence-corrected chi connectivity index (χ2v) is 9.23. The molecule has 0 saturated heterocycles. The number of aromatic nitrogens is 3. The second kappa shape index (κ2) is 8.39. The van der Waals surface area contributed by atoms with Gasteiger partial charge in [-0.05, 0) is 75.4 Å². The Morgan fingerprint density at radius 3 is 2.83 bits per heavy atom. The van der Waals surface area contributed by atoms with Gasteiger partial charge in [-0.15, -0.1) is 10.2 Å². The standard InChI is InChI=1S/C22H25N5O2S/c1-22(2,3)29-21(28)24-15-10-11-16-14(13-15)7-6-9-17(16)25-20-27-26-19(30-20)18-8-4-5-12-23-18/h4-5,8,10-13,17H,6-7,9H2,1-3H3,(H,24,28)(H,25,27). The van der Waals surface area contributed by atoms with Crippen molar-refractivity contribution in [2.24, 2.45) is 0 Å². The highest BCUT2D eigenvalue weighted by atomic mass is 32.1. The third kappa shape index (κ3) is 4.94. The van der Waals surface area contributed by atoms with Gasteiger partial charge in [-0.25, -0.2) is 4.79 Å². The van der Waals surface area contributed by atoms with Crippen LogP contribution in [0.2, 0.25) is 0 Å². The molecule has 0 bridgehead atoms. The first-order chi connectivity index (χ1) is 14.4. The van der Waals surface area contributed by atoms with Crippen molar-refractivity contribution >= 4 is 28.2 Å². The van der Waals surface area contributed by atoms with Gasteiger partial charge in [0.15, 0.2) is 5.01 Å². The second-order valence-electron chi connectivity index (χ2n) is 8.26. The molecule has 4 rings (SSSR count). The molecule has 7 nitrogen and oxygen atoms in total. The van der Waals surface area contributed by atoms with Crippen LogP contribution in [-0.4, -0.2) is 26.9 Å². The largest absolute Gasteiger partial charge is 0.444 e. The molecule has 0 fully saturated rings. The van der Waals surface area contributed by atoms with Gasteiger partial charge in [0.2, 0.25) is 5.13 Å². The maximum atomic E-state index is 12.1. The Labute approximate surface area is 179 Å². The summed E-state index contributed by atoms with van der Waals surface area (Å²) in [6.07, 6.45) is 4.37. The van der Waals surface area contributed by atoms with Crippen LogP contribution >= 0.6 is 11.3 Å². The molecule has 1 aromatic carbocycles. The molecule has 2 N–H and O–H groups in total. The molecular weight excluding hydrogens is 398 g/mol. The van der Waals surface area contributed by atoms with Crippen molar-refractivity contribution in [3.63, 3.8) is 0 Å². The maximum Gasteiger partial charge on any atom is 0.412 e. The third-order valence-corrected chi connectivity index (χ3v) is 5.59. The highest BCUT2D eigenvalue weighted by Crippen LogP contribution is 2.35. The fraction of sp³-hybridized carbons (Fsp3) is 0.364. The van der Waals surface area contributed by atoms with Gasteiger partial charge in [0, 0.05) is 11.9 Å². The molecule has 2 heterocycles. The van der Waals surface area contributed by atoms with E-state index in [1.54, 1.807) is 6.20 Å². The van der Waals surface area contributed by atoms with E-state index in [2.05, 4.69) is 31.9 Å². The number of nitrogens with zero attached hydrogens (tertiary/aromatic N) is 3. The minimum absolute atomic E-state index is 0.161. The summed E-state index contributed by atoms with van der Waals surface area (Å²) in [5.74, 6) is 0. The van der Waals surface area contributed by atoms with E-state index in [4.69, 9.17) is 4.74 Å². The first-order valence-corrected chi connectivity index (χ1v) is 10.8. The van der Waals surface area contributed by atoms with E-state index < -0.39 is 11.7 Å². The van der Waals surface area contributed by atoms with Crippen molar-refractivity contribution in [1.29, 1.82) is 0 Å². The van der Waals surface area contributed by atoms with E-state index in [1.165, 1.54) is 22.5 Å². The molecule has 0 saturated carbocycles. The first-order valence-electron chi connectivity index (χ1n) is 10.0. The zero-order chi connectivity index (χ0) is 21.1. The lowest BCUT2D eigenvalue weighted by Gasteiger charge is -2.27. The predicted octanol–water partition coefficient (Wildman–Crippen LogP) is 5.44. The van der Waals surface area contributed by atoms with Crippen LogP contribution in [0.3, 0.4) is 0 Å². The number of anilines is 2. The smallest absolute Gasteiger partial charge is 0.412 e. The summed E-state index contributed by atoms with van der Waals surface area (Å²) in [7, 11) is 0. The van der Waals surface area contributed by atoms with E-state index in [0.29, 0.717) is 0 Å². The van der Waals surface area contributed by atoms with Crippen LogP contribution in [0.1, 0.15) is 50.8 Å². The van der Waals surface area contributed by atoms with Gasteiger partial charge in [-0.1, -0.05) is 23.5 Å². The molecule has 1 atom stereocenters. The van der Waals surface area contributed by atoms with Gasteiger partial charge in [0.25, 0.3) is 0 Å². The number of hydrogen-bond acceptors (Lipinski definition) is 7. The fourth-order valence-corrected chi connectivity index (χ4v) is 4.26. The minimum Gasteiger partial charge on any atom is -0.444 e. The van der Waals surface area contributed by atoms with Crippen LogP contribution < -0.4 is 10.6 Å². The molecular formula is C22H25N5O2S. The average Bonchev–Trinajstić information content (AvgIpc) is 3.16. The number of aryl methyl sites for hydroxylation is 1. The van der Waals surface area contributed by atoms with E-state index in [-0.39, 0.29) is 6.04 Å². The van der Waals surface area contributed by atoms with Gasteiger partial charge in [-0.3, -0.25) is 10.3 Å². The maximum absolute atomic E-state index is 12.1. The topological polar surface area (TPSA) is 89.0 Å². The number of rotatable bonds is 4. The van der Waals surface area contributed by atoms with Crippen molar-refractivity contribution in [3.8, 4) is 10.7 Å². The summed E-state index contributed by atoms with van der Waals surface area (Å²) in [4.78, 5) is 16.4. The van der Waals surface area contributed by atoms with E-state index in [9.17, 15) is 4.79 Å². The van der Waals surface area contributed by atoms with E-state index in [0.717, 1.165) is 40.8 Å². The quantitative estimate of drug-likeness (QED) is 0.581. The first kappa shape index (κ1) is 20.3. The molecule has 2 aromatic heterocycles. The Bertz CT molecular complexity index is 1030. The predicted molar refractivity (Wildman–Crippen MR) is 119 cm³/mol. The number of carbonyl (C=O) groups excluding carboxylic acids is 1. The highest BCUT2D eigenvalue weighted by Gasteiger charge is 2.23. The normalized spacial score (nSPS) is 15.9. The number of amides is 1. The summed E-state index contributed by atoms with van der Waals surface area (Å²) in [5, 5.41) is 16.5. The Morgan fingerprint density at radius 2 is 2.07 bits per heavy atom. The molecule has 30 heavy (non-hydrogen) atoms. The summed E-state index contributed by atoms with van der Waals surface area (Å²) < 4.78 is 5.34. The molecule has 156 valence electrons. The van der Waals surface area contributed by atoms with Gasteiger partial charge in [-0.2, -0.15) is 0 Å². The molecule has 0 radical (unpaired) electrons. The number of nitrogens with one attached hydrogen (secondary N) is 2.